The van der Waals surface area contributed by atoms with Crippen molar-refractivity contribution in [2.75, 3.05) is 20.8 Å². The molecule has 2 atom stereocenters. The molecule has 0 bridgehead atoms. The fourth-order valence-corrected chi connectivity index (χ4v) is 2.40. The van der Waals surface area contributed by atoms with Gasteiger partial charge in [-0.25, -0.2) is 0 Å². The maximum atomic E-state index is 12.7. The topological polar surface area (TPSA) is 21.3 Å². The van der Waals surface area contributed by atoms with Gasteiger partial charge in [0.1, 0.15) is 0 Å². The van der Waals surface area contributed by atoms with E-state index in [1.807, 2.05) is 7.05 Å². The van der Waals surface area contributed by atoms with Crippen LogP contribution in [0, 0.1) is 12.8 Å². The van der Waals surface area contributed by atoms with Crippen molar-refractivity contribution in [2.45, 2.75) is 32.5 Å². The van der Waals surface area contributed by atoms with Gasteiger partial charge < -0.3 is 10.1 Å². The number of methoxy groups -OCH3 is 1. The number of aryl methyl sites for hydroxylation is 1. The molecule has 1 aromatic rings. The molecule has 114 valence electrons. The van der Waals surface area contributed by atoms with Crippen molar-refractivity contribution in [3.8, 4) is 0 Å². The van der Waals surface area contributed by atoms with E-state index in [0.29, 0.717) is 18.1 Å². The van der Waals surface area contributed by atoms with E-state index < -0.39 is 11.7 Å². The van der Waals surface area contributed by atoms with E-state index in [0.717, 1.165) is 18.1 Å². The predicted molar refractivity (Wildman–Crippen MR) is 73.6 cm³/mol. The summed E-state index contributed by atoms with van der Waals surface area (Å²) in [5.74, 6) is 0.333. The number of hydrogen-bond donors (Lipinski definition) is 1. The standard InChI is InChI=1S/C15H22F3NO/c1-10(9-20-4)7-14(19-3)13-6-5-12(8-11(13)2)15(16,17)18/h5-6,8,10,14,19H,7,9H2,1-4H3. The molecule has 0 saturated carbocycles. The van der Waals surface area contributed by atoms with Crippen LogP contribution < -0.4 is 5.32 Å². The first kappa shape index (κ1) is 17.0. The molecule has 0 amide bonds. The van der Waals surface area contributed by atoms with Gasteiger partial charge >= 0.3 is 6.18 Å². The van der Waals surface area contributed by atoms with Crippen molar-refractivity contribution in [1.82, 2.24) is 5.32 Å². The number of benzene rings is 1. The number of ether oxygens (including phenoxy) is 1. The highest BCUT2D eigenvalue weighted by atomic mass is 19.4. The summed E-state index contributed by atoms with van der Waals surface area (Å²) >= 11 is 0. The van der Waals surface area contributed by atoms with Crippen molar-refractivity contribution >= 4 is 0 Å². The number of hydrogen-bond acceptors (Lipinski definition) is 2. The van der Waals surface area contributed by atoms with Gasteiger partial charge in [-0.1, -0.05) is 13.0 Å². The number of nitrogens with one attached hydrogen (secondary N) is 1. The lowest BCUT2D eigenvalue weighted by atomic mass is 9.92. The van der Waals surface area contributed by atoms with E-state index in [-0.39, 0.29) is 6.04 Å². The Labute approximate surface area is 118 Å². The van der Waals surface area contributed by atoms with Crippen molar-refractivity contribution in [3.63, 3.8) is 0 Å². The van der Waals surface area contributed by atoms with E-state index in [2.05, 4.69) is 12.2 Å². The Morgan fingerprint density at radius 3 is 2.40 bits per heavy atom. The van der Waals surface area contributed by atoms with E-state index in [9.17, 15) is 13.2 Å². The Balaban J connectivity index is 2.94. The van der Waals surface area contributed by atoms with Crippen LogP contribution in [0.2, 0.25) is 0 Å². The molecule has 0 spiro atoms. The maximum absolute atomic E-state index is 12.7. The molecule has 0 heterocycles. The van der Waals surface area contributed by atoms with Crippen LogP contribution >= 0.6 is 0 Å². The first-order valence-corrected chi connectivity index (χ1v) is 6.63. The Morgan fingerprint density at radius 1 is 1.30 bits per heavy atom. The van der Waals surface area contributed by atoms with Crippen LogP contribution in [0.15, 0.2) is 18.2 Å². The smallest absolute Gasteiger partial charge is 0.384 e. The van der Waals surface area contributed by atoms with Crippen molar-refractivity contribution in [1.29, 1.82) is 0 Å². The molecule has 20 heavy (non-hydrogen) atoms. The summed E-state index contributed by atoms with van der Waals surface area (Å²) in [7, 11) is 3.47. The van der Waals surface area contributed by atoms with Gasteiger partial charge in [-0.2, -0.15) is 13.2 Å². The van der Waals surface area contributed by atoms with Crippen LogP contribution in [0.4, 0.5) is 13.2 Å². The third-order valence-electron chi connectivity index (χ3n) is 3.41. The van der Waals surface area contributed by atoms with E-state index in [1.165, 1.54) is 6.07 Å². The lowest BCUT2D eigenvalue weighted by Crippen LogP contribution is -2.22. The van der Waals surface area contributed by atoms with Crippen molar-refractivity contribution in [3.05, 3.63) is 34.9 Å². The summed E-state index contributed by atoms with van der Waals surface area (Å²) in [5.41, 5.74) is 0.964. The lowest BCUT2D eigenvalue weighted by Gasteiger charge is -2.23. The summed E-state index contributed by atoms with van der Waals surface area (Å²) < 4.78 is 43.1. The fourth-order valence-electron chi connectivity index (χ4n) is 2.40. The molecule has 0 radical (unpaired) electrons. The Kier molecular flexibility index (Phi) is 6.02. The first-order valence-electron chi connectivity index (χ1n) is 6.63. The van der Waals surface area contributed by atoms with Crippen LogP contribution in [-0.2, 0) is 10.9 Å². The predicted octanol–water partition coefficient (Wildman–Crippen LogP) is 3.95. The monoisotopic (exact) mass is 289 g/mol. The zero-order valence-electron chi connectivity index (χ0n) is 12.3. The highest BCUT2D eigenvalue weighted by molar-refractivity contribution is 5.34. The summed E-state index contributed by atoms with van der Waals surface area (Å²) in [6, 6.07) is 3.95. The molecule has 0 aliphatic heterocycles. The van der Waals surface area contributed by atoms with Gasteiger partial charge in [-0.05, 0) is 49.6 Å². The van der Waals surface area contributed by atoms with Gasteiger partial charge in [-0.3, -0.25) is 0 Å². The number of rotatable bonds is 6. The van der Waals surface area contributed by atoms with Crippen LogP contribution in [-0.4, -0.2) is 20.8 Å². The second-order valence-electron chi connectivity index (χ2n) is 5.21. The molecule has 2 unspecified atom stereocenters. The van der Waals surface area contributed by atoms with Crippen LogP contribution in [0.5, 0.6) is 0 Å². The van der Waals surface area contributed by atoms with Crippen LogP contribution in [0.25, 0.3) is 0 Å². The van der Waals surface area contributed by atoms with Gasteiger partial charge in [0.15, 0.2) is 0 Å². The molecule has 1 rings (SSSR count). The Morgan fingerprint density at radius 2 is 1.95 bits per heavy atom. The Hall–Kier alpha value is -1.07. The molecule has 1 N–H and O–H groups in total. The van der Waals surface area contributed by atoms with Crippen LogP contribution in [0.1, 0.15) is 36.1 Å². The molecular weight excluding hydrogens is 267 g/mol. The highest BCUT2D eigenvalue weighted by Crippen LogP contribution is 2.32. The average molecular weight is 289 g/mol. The van der Waals surface area contributed by atoms with Gasteiger partial charge in [0, 0.05) is 19.8 Å². The minimum atomic E-state index is -4.29. The zero-order chi connectivity index (χ0) is 15.3. The fraction of sp³-hybridized carbons (Fsp3) is 0.600. The van der Waals surface area contributed by atoms with E-state index >= 15 is 0 Å². The number of alkyl halides is 3. The van der Waals surface area contributed by atoms with E-state index in [4.69, 9.17) is 4.74 Å². The third-order valence-corrected chi connectivity index (χ3v) is 3.41. The SMILES string of the molecule is CNC(CC(C)COC)c1ccc(C(F)(F)F)cc1C. The Bertz CT molecular complexity index is 432. The molecule has 5 heteroatoms. The molecule has 0 aliphatic carbocycles. The molecule has 2 nitrogen and oxygen atoms in total. The molecule has 0 fully saturated rings. The second kappa shape index (κ2) is 7.09. The summed E-state index contributed by atoms with van der Waals surface area (Å²) in [4.78, 5) is 0. The minimum Gasteiger partial charge on any atom is -0.384 e. The van der Waals surface area contributed by atoms with Crippen LogP contribution in [0.3, 0.4) is 0 Å². The zero-order valence-corrected chi connectivity index (χ0v) is 12.3. The molecule has 0 saturated heterocycles. The van der Waals surface area contributed by atoms with Gasteiger partial charge in [0.25, 0.3) is 0 Å². The summed E-state index contributed by atoms with van der Waals surface area (Å²) in [5, 5.41) is 3.17. The number of halogens is 3. The largest absolute Gasteiger partial charge is 0.416 e. The summed E-state index contributed by atoms with van der Waals surface area (Å²) in [6.45, 7) is 4.42. The van der Waals surface area contributed by atoms with E-state index in [1.54, 1.807) is 20.1 Å². The minimum absolute atomic E-state index is 0.0300. The maximum Gasteiger partial charge on any atom is 0.416 e. The molecule has 1 aromatic carbocycles. The third kappa shape index (κ3) is 4.49. The quantitative estimate of drug-likeness (QED) is 0.856. The second-order valence-corrected chi connectivity index (χ2v) is 5.21. The normalized spacial score (nSPS) is 15.2. The molecule has 0 aliphatic rings. The summed E-state index contributed by atoms with van der Waals surface area (Å²) in [6.07, 6.45) is -3.47. The molecular formula is C15H22F3NO. The van der Waals surface area contributed by atoms with Gasteiger partial charge in [0.2, 0.25) is 0 Å². The van der Waals surface area contributed by atoms with Crippen molar-refractivity contribution < 1.29 is 17.9 Å². The first-order chi connectivity index (χ1) is 9.29. The highest BCUT2D eigenvalue weighted by Gasteiger charge is 2.31. The van der Waals surface area contributed by atoms with Crippen molar-refractivity contribution in [2.24, 2.45) is 5.92 Å². The molecule has 0 aromatic heterocycles. The van der Waals surface area contributed by atoms with Gasteiger partial charge in [-0.15, -0.1) is 0 Å². The lowest BCUT2D eigenvalue weighted by molar-refractivity contribution is -0.137. The average Bonchev–Trinajstić information content (AvgIpc) is 2.35. The van der Waals surface area contributed by atoms with Gasteiger partial charge in [0.05, 0.1) is 5.56 Å².